The third kappa shape index (κ3) is 3.70. The highest BCUT2D eigenvalue weighted by Gasteiger charge is 2.21. The van der Waals surface area contributed by atoms with Gasteiger partial charge < -0.3 is 10.2 Å². The van der Waals surface area contributed by atoms with Crippen molar-refractivity contribution in [1.29, 1.82) is 0 Å². The van der Waals surface area contributed by atoms with E-state index in [1.807, 2.05) is 34.8 Å². The monoisotopic (exact) mass is 313 g/mol. The lowest BCUT2D eigenvalue weighted by atomic mass is 9.99. The Balaban J connectivity index is 1.58. The zero-order valence-corrected chi connectivity index (χ0v) is 13.7. The summed E-state index contributed by atoms with van der Waals surface area (Å²) in [6.07, 6.45) is 5.60. The van der Waals surface area contributed by atoms with Gasteiger partial charge in [-0.25, -0.2) is 4.98 Å². The molecular formula is C17H23N5O. The highest BCUT2D eigenvalue weighted by Crippen LogP contribution is 2.18. The number of carbonyl (C=O) groups is 1. The molecule has 0 spiro atoms. The number of nitrogens with zero attached hydrogens (tertiary/aromatic N) is 4. The Morgan fingerprint density at radius 3 is 2.70 bits per heavy atom. The SMILES string of the molecule is CC1CCN(C(=O)c2ccc(NCc3ccnn3C)nc2)CC1. The molecule has 0 atom stereocenters. The minimum Gasteiger partial charge on any atom is -0.364 e. The van der Waals surface area contributed by atoms with Gasteiger partial charge in [-0.15, -0.1) is 0 Å². The van der Waals surface area contributed by atoms with Gasteiger partial charge in [-0.3, -0.25) is 9.48 Å². The van der Waals surface area contributed by atoms with Gasteiger partial charge in [0.15, 0.2) is 0 Å². The van der Waals surface area contributed by atoms with Gasteiger partial charge in [0.05, 0.1) is 17.8 Å². The van der Waals surface area contributed by atoms with Gasteiger partial charge >= 0.3 is 0 Å². The topological polar surface area (TPSA) is 63.1 Å². The highest BCUT2D eigenvalue weighted by atomic mass is 16.2. The van der Waals surface area contributed by atoms with Crippen LogP contribution in [0.3, 0.4) is 0 Å². The Labute approximate surface area is 136 Å². The molecule has 2 aromatic heterocycles. The Kier molecular flexibility index (Phi) is 4.60. The highest BCUT2D eigenvalue weighted by molar-refractivity contribution is 5.94. The summed E-state index contributed by atoms with van der Waals surface area (Å²) >= 11 is 0. The number of anilines is 1. The number of aromatic nitrogens is 3. The Morgan fingerprint density at radius 2 is 2.09 bits per heavy atom. The van der Waals surface area contributed by atoms with Gasteiger partial charge in [-0.05, 0) is 37.0 Å². The lowest BCUT2D eigenvalue weighted by molar-refractivity contribution is 0.0697. The molecule has 0 radical (unpaired) electrons. The van der Waals surface area contributed by atoms with Crippen LogP contribution in [-0.2, 0) is 13.6 Å². The smallest absolute Gasteiger partial charge is 0.255 e. The van der Waals surface area contributed by atoms with E-state index in [1.54, 1.807) is 12.4 Å². The Hall–Kier alpha value is -2.37. The number of likely N-dealkylation sites (tertiary alicyclic amines) is 1. The first-order valence-corrected chi connectivity index (χ1v) is 8.09. The van der Waals surface area contributed by atoms with Crippen molar-refractivity contribution in [3.63, 3.8) is 0 Å². The van der Waals surface area contributed by atoms with Crippen LogP contribution in [0.2, 0.25) is 0 Å². The standard InChI is InChI=1S/C17H23N5O/c1-13-6-9-22(10-7-13)17(23)14-3-4-16(18-11-14)19-12-15-5-8-20-21(15)2/h3-5,8,11,13H,6-7,9-10,12H2,1-2H3,(H,18,19). The number of carbonyl (C=O) groups excluding carboxylic acids is 1. The van der Waals surface area contributed by atoms with Crippen LogP contribution in [0.5, 0.6) is 0 Å². The average molecular weight is 313 g/mol. The molecule has 6 heteroatoms. The van der Waals surface area contributed by atoms with Crippen molar-refractivity contribution in [3.8, 4) is 0 Å². The van der Waals surface area contributed by atoms with Gasteiger partial charge in [-0.1, -0.05) is 6.92 Å². The molecule has 1 fully saturated rings. The normalized spacial score (nSPS) is 15.7. The van der Waals surface area contributed by atoms with Gasteiger partial charge in [0.25, 0.3) is 5.91 Å². The molecule has 23 heavy (non-hydrogen) atoms. The number of hydrogen-bond donors (Lipinski definition) is 1. The van der Waals surface area contributed by atoms with E-state index in [0.29, 0.717) is 12.1 Å². The summed E-state index contributed by atoms with van der Waals surface area (Å²) in [5, 5.41) is 7.37. The van der Waals surface area contributed by atoms with E-state index in [1.165, 1.54) is 0 Å². The zero-order chi connectivity index (χ0) is 16.2. The first-order chi connectivity index (χ1) is 11.1. The third-order valence-electron chi connectivity index (χ3n) is 4.45. The summed E-state index contributed by atoms with van der Waals surface area (Å²) in [7, 11) is 1.91. The average Bonchev–Trinajstić information content (AvgIpc) is 2.99. The van der Waals surface area contributed by atoms with Crippen molar-refractivity contribution in [2.24, 2.45) is 13.0 Å². The van der Waals surface area contributed by atoms with E-state index in [2.05, 4.69) is 22.3 Å². The van der Waals surface area contributed by atoms with Crippen LogP contribution in [0.15, 0.2) is 30.6 Å². The summed E-state index contributed by atoms with van der Waals surface area (Å²) < 4.78 is 1.82. The van der Waals surface area contributed by atoms with Crippen LogP contribution < -0.4 is 5.32 Å². The summed E-state index contributed by atoms with van der Waals surface area (Å²) in [6, 6.07) is 5.66. The van der Waals surface area contributed by atoms with Crippen molar-refractivity contribution < 1.29 is 4.79 Å². The number of aryl methyl sites for hydroxylation is 1. The first kappa shape index (κ1) is 15.5. The predicted molar refractivity (Wildman–Crippen MR) is 89.1 cm³/mol. The predicted octanol–water partition coefficient (Wildman–Crippen LogP) is 2.30. The Bertz CT molecular complexity index is 656. The molecule has 0 aromatic carbocycles. The molecular weight excluding hydrogens is 290 g/mol. The number of rotatable bonds is 4. The summed E-state index contributed by atoms with van der Waals surface area (Å²) in [6.45, 7) is 4.59. The molecule has 1 saturated heterocycles. The molecule has 1 aliphatic rings. The summed E-state index contributed by atoms with van der Waals surface area (Å²) in [5.74, 6) is 1.56. The van der Waals surface area contributed by atoms with E-state index in [9.17, 15) is 4.79 Å². The summed E-state index contributed by atoms with van der Waals surface area (Å²) in [4.78, 5) is 18.7. The molecule has 0 saturated carbocycles. The molecule has 3 heterocycles. The van der Waals surface area contributed by atoms with Gasteiger partial charge in [-0.2, -0.15) is 5.10 Å². The number of piperidine rings is 1. The maximum atomic E-state index is 12.5. The van der Waals surface area contributed by atoms with E-state index in [0.717, 1.165) is 43.4 Å². The van der Waals surface area contributed by atoms with Gasteiger partial charge in [0.2, 0.25) is 0 Å². The zero-order valence-electron chi connectivity index (χ0n) is 13.7. The molecule has 6 nitrogen and oxygen atoms in total. The van der Waals surface area contributed by atoms with Crippen molar-refractivity contribution in [2.75, 3.05) is 18.4 Å². The van der Waals surface area contributed by atoms with Crippen LogP contribution in [0, 0.1) is 5.92 Å². The fraction of sp³-hybridized carbons (Fsp3) is 0.471. The molecule has 1 aliphatic heterocycles. The van der Waals surface area contributed by atoms with Crippen molar-refractivity contribution >= 4 is 11.7 Å². The fourth-order valence-electron chi connectivity index (χ4n) is 2.78. The Morgan fingerprint density at radius 1 is 1.30 bits per heavy atom. The van der Waals surface area contributed by atoms with Crippen LogP contribution in [-0.4, -0.2) is 38.7 Å². The second-order valence-corrected chi connectivity index (χ2v) is 6.21. The van der Waals surface area contributed by atoms with E-state index in [4.69, 9.17) is 0 Å². The third-order valence-corrected chi connectivity index (χ3v) is 4.45. The fourth-order valence-corrected chi connectivity index (χ4v) is 2.78. The van der Waals surface area contributed by atoms with Crippen LogP contribution >= 0.6 is 0 Å². The lowest BCUT2D eigenvalue weighted by Gasteiger charge is -2.30. The maximum Gasteiger partial charge on any atom is 0.255 e. The maximum absolute atomic E-state index is 12.5. The minimum absolute atomic E-state index is 0.0857. The molecule has 0 aliphatic carbocycles. The number of hydrogen-bond acceptors (Lipinski definition) is 4. The van der Waals surface area contributed by atoms with E-state index in [-0.39, 0.29) is 5.91 Å². The van der Waals surface area contributed by atoms with Gasteiger partial charge in [0.1, 0.15) is 5.82 Å². The van der Waals surface area contributed by atoms with E-state index >= 15 is 0 Å². The number of nitrogens with one attached hydrogen (secondary N) is 1. The molecule has 3 rings (SSSR count). The number of pyridine rings is 1. The second kappa shape index (κ2) is 6.81. The molecule has 0 bridgehead atoms. The van der Waals surface area contributed by atoms with Crippen LogP contribution in [0.25, 0.3) is 0 Å². The van der Waals surface area contributed by atoms with Crippen LogP contribution in [0.4, 0.5) is 5.82 Å². The molecule has 1 N–H and O–H groups in total. The lowest BCUT2D eigenvalue weighted by Crippen LogP contribution is -2.37. The quantitative estimate of drug-likeness (QED) is 0.941. The largest absolute Gasteiger partial charge is 0.364 e. The molecule has 1 amide bonds. The first-order valence-electron chi connectivity index (χ1n) is 8.09. The van der Waals surface area contributed by atoms with Crippen molar-refractivity contribution in [3.05, 3.63) is 41.9 Å². The number of amides is 1. The second-order valence-electron chi connectivity index (χ2n) is 6.21. The molecule has 0 unspecified atom stereocenters. The van der Waals surface area contributed by atoms with Crippen molar-refractivity contribution in [1.82, 2.24) is 19.7 Å². The summed E-state index contributed by atoms with van der Waals surface area (Å²) in [5.41, 5.74) is 1.74. The molecule has 2 aromatic rings. The molecule has 122 valence electrons. The van der Waals surface area contributed by atoms with Gasteiger partial charge in [0, 0.05) is 32.5 Å². The minimum atomic E-state index is 0.0857. The van der Waals surface area contributed by atoms with Crippen molar-refractivity contribution in [2.45, 2.75) is 26.3 Å². The van der Waals surface area contributed by atoms with Crippen LogP contribution in [0.1, 0.15) is 35.8 Å². The van der Waals surface area contributed by atoms with E-state index < -0.39 is 0 Å².